The lowest BCUT2D eigenvalue weighted by Gasteiger charge is -2.12. The molecule has 0 saturated carbocycles. The molecule has 0 aliphatic heterocycles. The molecule has 1 aromatic heterocycles. The lowest BCUT2D eigenvalue weighted by Crippen LogP contribution is -2.16. The highest BCUT2D eigenvalue weighted by Crippen LogP contribution is 2.31. The fourth-order valence-electron chi connectivity index (χ4n) is 2.28. The van der Waals surface area contributed by atoms with Crippen LogP contribution in [0.25, 0.3) is 0 Å². The summed E-state index contributed by atoms with van der Waals surface area (Å²) in [5, 5.41) is 3.37. The fourth-order valence-corrected chi connectivity index (χ4v) is 2.28. The number of ether oxygens (including phenoxy) is 3. The molecule has 172 valence electrons. The van der Waals surface area contributed by atoms with Crippen molar-refractivity contribution in [3.05, 3.63) is 47.7 Å². The summed E-state index contributed by atoms with van der Waals surface area (Å²) in [6.07, 6.45) is 3.07. The minimum atomic E-state index is -3.67. The second kappa shape index (κ2) is 13.5. The highest BCUT2D eigenvalue weighted by molar-refractivity contribution is 7.85. The van der Waals surface area contributed by atoms with E-state index in [1.54, 1.807) is 19.2 Å². The Kier molecular flexibility index (Phi) is 11.5. The zero-order valence-electron chi connectivity index (χ0n) is 17.8. The number of hydrogen-bond donors (Lipinski definition) is 3. The van der Waals surface area contributed by atoms with Gasteiger partial charge >= 0.3 is 0 Å². The normalized spacial score (nSPS) is 10.7. The highest BCUT2D eigenvalue weighted by atomic mass is 32.2. The van der Waals surface area contributed by atoms with Crippen LogP contribution in [0.15, 0.2) is 36.5 Å². The van der Waals surface area contributed by atoms with Crippen LogP contribution in [0.5, 0.6) is 17.4 Å². The molecule has 31 heavy (non-hydrogen) atoms. The molecule has 0 atom stereocenters. The van der Waals surface area contributed by atoms with Gasteiger partial charge in [0.25, 0.3) is 10.1 Å². The third kappa shape index (κ3) is 11.9. The number of aromatic nitrogens is 1. The van der Waals surface area contributed by atoms with E-state index in [9.17, 15) is 13.2 Å². The fraction of sp³-hybridized carbons (Fsp3) is 0.400. The molecule has 0 radical (unpaired) electrons. The second-order valence-electron chi connectivity index (χ2n) is 6.30. The van der Waals surface area contributed by atoms with Gasteiger partial charge in [-0.1, -0.05) is 6.07 Å². The van der Waals surface area contributed by atoms with Gasteiger partial charge in [0.05, 0.1) is 18.9 Å². The van der Waals surface area contributed by atoms with Crippen LogP contribution in [0, 0.1) is 0 Å². The van der Waals surface area contributed by atoms with Crippen LogP contribution in [0.2, 0.25) is 0 Å². The molecule has 1 aromatic carbocycles. The van der Waals surface area contributed by atoms with Gasteiger partial charge in [0.15, 0.2) is 11.5 Å². The Bertz CT molecular complexity index is 911. The number of hydrogen-bond acceptors (Lipinski definition) is 8. The minimum absolute atomic E-state index is 0.329. The van der Waals surface area contributed by atoms with E-state index in [4.69, 9.17) is 24.5 Å². The summed E-state index contributed by atoms with van der Waals surface area (Å²) in [6, 6.07) is 8.87. The van der Waals surface area contributed by atoms with Crippen molar-refractivity contribution in [1.82, 2.24) is 10.3 Å². The standard InChI is InChI=1S/C19H25N3O4.CH4O3S/c1-3-25-10-4-9-21-12-14-5-7-16(17(11-14)24-2)26-18-8-6-15(13-22-18)19(20)23;1-5(2,3)4/h5-8,11,13,21H,3-4,9-10,12H2,1-2H3,(H2,20,23);1H3,(H,2,3,4). The van der Waals surface area contributed by atoms with E-state index < -0.39 is 16.0 Å². The zero-order chi connectivity index (χ0) is 23.3. The topological polar surface area (TPSA) is 150 Å². The van der Waals surface area contributed by atoms with Gasteiger partial charge in [0.2, 0.25) is 11.8 Å². The van der Waals surface area contributed by atoms with Gasteiger partial charge in [-0.15, -0.1) is 0 Å². The van der Waals surface area contributed by atoms with Gasteiger partial charge in [-0.05, 0) is 43.7 Å². The molecule has 1 heterocycles. The van der Waals surface area contributed by atoms with Gasteiger partial charge in [0.1, 0.15) is 0 Å². The summed E-state index contributed by atoms with van der Waals surface area (Å²) in [4.78, 5) is 15.2. The van der Waals surface area contributed by atoms with E-state index in [1.807, 2.05) is 25.1 Å². The van der Waals surface area contributed by atoms with E-state index in [1.165, 1.54) is 6.20 Å². The smallest absolute Gasteiger partial charge is 0.261 e. The monoisotopic (exact) mass is 455 g/mol. The average Bonchev–Trinajstić information content (AvgIpc) is 2.70. The van der Waals surface area contributed by atoms with Crippen LogP contribution >= 0.6 is 0 Å². The number of primary amides is 1. The van der Waals surface area contributed by atoms with Gasteiger partial charge in [-0.25, -0.2) is 4.98 Å². The first-order chi connectivity index (χ1) is 14.6. The molecule has 0 aliphatic rings. The van der Waals surface area contributed by atoms with Crippen molar-refractivity contribution in [3.63, 3.8) is 0 Å². The number of carbonyl (C=O) groups excluding carboxylic acids is 1. The molecule has 0 saturated heterocycles. The van der Waals surface area contributed by atoms with Crippen LogP contribution in [0.1, 0.15) is 29.3 Å². The number of rotatable bonds is 11. The lowest BCUT2D eigenvalue weighted by atomic mass is 10.2. The molecular formula is C20H29N3O7S. The molecule has 2 rings (SSSR count). The summed E-state index contributed by atoms with van der Waals surface area (Å²) in [6.45, 7) is 5.12. The number of nitrogens with zero attached hydrogens (tertiary/aromatic N) is 1. The molecule has 11 heteroatoms. The summed E-state index contributed by atoms with van der Waals surface area (Å²) in [7, 11) is -2.08. The van der Waals surface area contributed by atoms with Crippen LogP contribution in [0.3, 0.4) is 0 Å². The van der Waals surface area contributed by atoms with Crippen molar-refractivity contribution in [2.45, 2.75) is 19.9 Å². The maximum atomic E-state index is 11.1. The summed E-state index contributed by atoms with van der Waals surface area (Å²) in [5.41, 5.74) is 6.61. The summed E-state index contributed by atoms with van der Waals surface area (Å²) in [5.74, 6) is 0.987. The maximum absolute atomic E-state index is 11.1. The predicted molar refractivity (Wildman–Crippen MR) is 116 cm³/mol. The zero-order valence-corrected chi connectivity index (χ0v) is 18.6. The van der Waals surface area contributed by atoms with E-state index in [0.29, 0.717) is 29.2 Å². The molecule has 0 aliphatic carbocycles. The number of amides is 1. The Morgan fingerprint density at radius 2 is 1.94 bits per heavy atom. The van der Waals surface area contributed by atoms with Gasteiger partial charge in [0, 0.05) is 32.0 Å². The van der Waals surface area contributed by atoms with Crippen molar-refractivity contribution in [2.75, 3.05) is 33.1 Å². The molecule has 2 aromatic rings. The highest BCUT2D eigenvalue weighted by Gasteiger charge is 2.09. The molecule has 1 amide bonds. The summed E-state index contributed by atoms with van der Waals surface area (Å²) < 4.78 is 42.3. The predicted octanol–water partition coefficient (Wildman–Crippen LogP) is 2.00. The Morgan fingerprint density at radius 1 is 1.23 bits per heavy atom. The van der Waals surface area contributed by atoms with E-state index >= 15 is 0 Å². The van der Waals surface area contributed by atoms with Crippen molar-refractivity contribution in [2.24, 2.45) is 5.73 Å². The molecule has 0 spiro atoms. The minimum Gasteiger partial charge on any atom is -0.493 e. The van der Waals surface area contributed by atoms with E-state index in [0.717, 1.165) is 38.3 Å². The van der Waals surface area contributed by atoms with E-state index in [2.05, 4.69) is 10.3 Å². The van der Waals surface area contributed by atoms with Crippen LogP contribution in [-0.2, 0) is 21.4 Å². The first-order valence-corrected chi connectivity index (χ1v) is 11.3. The Morgan fingerprint density at radius 3 is 2.48 bits per heavy atom. The number of nitrogens with two attached hydrogens (primary N) is 1. The molecule has 0 unspecified atom stereocenters. The van der Waals surface area contributed by atoms with Crippen molar-refractivity contribution < 1.29 is 32.0 Å². The first-order valence-electron chi connectivity index (χ1n) is 9.45. The number of carbonyl (C=O) groups is 1. The number of methoxy groups -OCH3 is 1. The molecule has 0 bridgehead atoms. The third-order valence-corrected chi connectivity index (χ3v) is 3.64. The average molecular weight is 456 g/mol. The third-order valence-electron chi connectivity index (χ3n) is 3.64. The van der Waals surface area contributed by atoms with Gasteiger partial charge < -0.3 is 25.3 Å². The summed E-state index contributed by atoms with van der Waals surface area (Å²) >= 11 is 0. The number of benzene rings is 1. The quantitative estimate of drug-likeness (QED) is 0.341. The SMILES string of the molecule is CCOCCCNCc1ccc(Oc2ccc(C(N)=O)cn2)c(OC)c1.CS(=O)(=O)O. The molecule has 10 nitrogen and oxygen atoms in total. The van der Waals surface area contributed by atoms with Crippen LogP contribution < -0.4 is 20.5 Å². The molecule has 4 N–H and O–H groups in total. The van der Waals surface area contributed by atoms with Crippen molar-refractivity contribution in [1.29, 1.82) is 0 Å². The largest absolute Gasteiger partial charge is 0.493 e. The Hall–Kier alpha value is -2.73. The lowest BCUT2D eigenvalue weighted by molar-refractivity contribution is 0.1000. The van der Waals surface area contributed by atoms with Crippen molar-refractivity contribution >= 4 is 16.0 Å². The molecule has 0 fully saturated rings. The Balaban J connectivity index is 0.000000861. The second-order valence-corrected chi connectivity index (χ2v) is 7.76. The van der Waals surface area contributed by atoms with Gasteiger partial charge in [-0.3, -0.25) is 9.35 Å². The molecular weight excluding hydrogens is 426 g/mol. The van der Waals surface area contributed by atoms with Crippen molar-refractivity contribution in [3.8, 4) is 17.4 Å². The first kappa shape index (κ1) is 26.3. The van der Waals surface area contributed by atoms with Crippen LogP contribution in [-0.4, -0.2) is 57.0 Å². The number of nitrogens with one attached hydrogen (secondary N) is 1. The van der Waals surface area contributed by atoms with Gasteiger partial charge in [-0.2, -0.15) is 8.42 Å². The van der Waals surface area contributed by atoms with Crippen LogP contribution in [0.4, 0.5) is 0 Å². The van der Waals surface area contributed by atoms with E-state index in [-0.39, 0.29) is 0 Å². The Labute approximate surface area is 182 Å². The number of pyridine rings is 1. The maximum Gasteiger partial charge on any atom is 0.261 e.